The summed E-state index contributed by atoms with van der Waals surface area (Å²) in [4.78, 5) is 0. The van der Waals surface area contributed by atoms with Gasteiger partial charge in [0, 0.05) is 19.0 Å². The molecule has 2 heterocycles. The van der Waals surface area contributed by atoms with Crippen LogP contribution in [-0.2, 0) is 6.42 Å². The molecule has 1 aromatic rings. The van der Waals surface area contributed by atoms with Crippen LogP contribution in [0.4, 0.5) is 0 Å². The predicted molar refractivity (Wildman–Crippen MR) is 55.4 cm³/mol. The summed E-state index contributed by atoms with van der Waals surface area (Å²) < 4.78 is 0.829. The lowest BCUT2D eigenvalue weighted by molar-refractivity contribution is 0.148. The fourth-order valence-corrected chi connectivity index (χ4v) is 2.60. The first kappa shape index (κ1) is 9.46. The Balaban J connectivity index is 1.97. The number of nitrogens with one attached hydrogen (secondary N) is 1. The highest BCUT2D eigenvalue weighted by molar-refractivity contribution is 7.14. The quantitative estimate of drug-likeness (QED) is 0.788. The maximum absolute atomic E-state index is 9.56. The smallest absolute Gasteiger partial charge is 0.0931 e. The Morgan fingerprint density at radius 2 is 2.46 bits per heavy atom. The summed E-state index contributed by atoms with van der Waals surface area (Å²) in [5, 5.41) is 14.8. The molecule has 1 aliphatic heterocycles. The van der Waals surface area contributed by atoms with E-state index in [-0.39, 0.29) is 6.10 Å². The second-order valence-electron chi connectivity index (χ2n) is 3.45. The van der Waals surface area contributed by atoms with Gasteiger partial charge < -0.3 is 10.4 Å². The molecule has 1 aliphatic rings. The van der Waals surface area contributed by atoms with Gasteiger partial charge in [0.05, 0.1) is 10.4 Å². The van der Waals surface area contributed by atoms with Crippen LogP contribution >= 0.6 is 22.9 Å². The highest BCUT2D eigenvalue weighted by Gasteiger charge is 2.24. The van der Waals surface area contributed by atoms with Crippen molar-refractivity contribution in [2.75, 3.05) is 13.1 Å². The third-order valence-electron chi connectivity index (χ3n) is 2.42. The van der Waals surface area contributed by atoms with Crippen LogP contribution in [0.2, 0.25) is 4.34 Å². The lowest BCUT2D eigenvalue weighted by Gasteiger charge is -2.11. The predicted octanol–water partition coefficient (Wildman–Crippen LogP) is 1.52. The Kier molecular flexibility index (Phi) is 2.89. The van der Waals surface area contributed by atoms with Gasteiger partial charge in [0.2, 0.25) is 0 Å². The van der Waals surface area contributed by atoms with E-state index in [0.29, 0.717) is 5.92 Å². The van der Waals surface area contributed by atoms with Crippen molar-refractivity contribution >= 4 is 22.9 Å². The molecular formula is C9H12ClNOS. The molecule has 4 heteroatoms. The number of hydrogen-bond donors (Lipinski definition) is 2. The molecule has 0 radical (unpaired) electrons. The van der Waals surface area contributed by atoms with E-state index in [1.165, 1.54) is 5.56 Å². The van der Waals surface area contributed by atoms with Gasteiger partial charge in [0.25, 0.3) is 0 Å². The largest absolute Gasteiger partial charge is 0.391 e. The van der Waals surface area contributed by atoms with E-state index in [0.717, 1.165) is 23.8 Å². The molecule has 2 nitrogen and oxygen atoms in total. The van der Waals surface area contributed by atoms with E-state index in [1.54, 1.807) is 11.3 Å². The summed E-state index contributed by atoms with van der Waals surface area (Å²) in [5.41, 5.74) is 1.24. The van der Waals surface area contributed by atoms with Gasteiger partial charge in [-0.1, -0.05) is 11.6 Å². The van der Waals surface area contributed by atoms with E-state index < -0.39 is 0 Å². The minimum Gasteiger partial charge on any atom is -0.391 e. The zero-order chi connectivity index (χ0) is 9.26. The normalized spacial score (nSPS) is 28.2. The van der Waals surface area contributed by atoms with Crippen molar-refractivity contribution in [1.82, 2.24) is 5.32 Å². The van der Waals surface area contributed by atoms with Crippen LogP contribution in [-0.4, -0.2) is 24.3 Å². The molecule has 0 saturated carbocycles. The van der Waals surface area contributed by atoms with Crippen LogP contribution in [0.3, 0.4) is 0 Å². The standard InChI is InChI=1S/C9H12ClNOS/c10-9-2-6(5-13-9)1-7-3-11-4-8(7)12/h2,5,7-8,11-12H,1,3-4H2. The molecule has 0 aliphatic carbocycles. The van der Waals surface area contributed by atoms with Gasteiger partial charge in [-0.15, -0.1) is 11.3 Å². The zero-order valence-electron chi connectivity index (χ0n) is 7.16. The zero-order valence-corrected chi connectivity index (χ0v) is 8.74. The molecule has 72 valence electrons. The number of thiophene rings is 1. The topological polar surface area (TPSA) is 32.3 Å². The van der Waals surface area contributed by atoms with Gasteiger partial charge in [-0.05, 0) is 23.4 Å². The van der Waals surface area contributed by atoms with Gasteiger partial charge in [-0.3, -0.25) is 0 Å². The molecule has 0 spiro atoms. The van der Waals surface area contributed by atoms with E-state index >= 15 is 0 Å². The summed E-state index contributed by atoms with van der Waals surface area (Å²) in [6.45, 7) is 1.64. The van der Waals surface area contributed by atoms with Gasteiger partial charge in [0.1, 0.15) is 0 Å². The number of aliphatic hydroxyl groups excluding tert-OH is 1. The Labute approximate surface area is 86.5 Å². The maximum atomic E-state index is 9.56. The fourth-order valence-electron chi connectivity index (χ4n) is 1.68. The first-order valence-corrected chi connectivity index (χ1v) is 5.63. The highest BCUT2D eigenvalue weighted by atomic mass is 35.5. The van der Waals surface area contributed by atoms with Crippen molar-refractivity contribution in [2.45, 2.75) is 12.5 Å². The molecular weight excluding hydrogens is 206 g/mol. The number of halogens is 1. The Hall–Kier alpha value is -0.0900. The summed E-state index contributed by atoms with van der Waals surface area (Å²) in [6, 6.07) is 1.98. The lowest BCUT2D eigenvalue weighted by Crippen LogP contribution is -2.19. The van der Waals surface area contributed by atoms with Crippen LogP contribution in [0, 0.1) is 5.92 Å². The van der Waals surface area contributed by atoms with Crippen molar-refractivity contribution in [3.63, 3.8) is 0 Å². The number of hydrogen-bond acceptors (Lipinski definition) is 3. The van der Waals surface area contributed by atoms with Crippen LogP contribution < -0.4 is 5.32 Å². The molecule has 2 atom stereocenters. The van der Waals surface area contributed by atoms with Gasteiger partial charge >= 0.3 is 0 Å². The van der Waals surface area contributed by atoms with E-state index in [2.05, 4.69) is 10.7 Å². The summed E-state index contributed by atoms with van der Waals surface area (Å²) in [7, 11) is 0. The van der Waals surface area contributed by atoms with Crippen LogP contribution in [0.5, 0.6) is 0 Å². The van der Waals surface area contributed by atoms with Gasteiger partial charge in [0.15, 0.2) is 0 Å². The van der Waals surface area contributed by atoms with Gasteiger partial charge in [-0.2, -0.15) is 0 Å². The van der Waals surface area contributed by atoms with Crippen molar-refractivity contribution in [3.05, 3.63) is 21.3 Å². The molecule has 0 bridgehead atoms. The van der Waals surface area contributed by atoms with Crippen molar-refractivity contribution < 1.29 is 5.11 Å². The van der Waals surface area contributed by atoms with Crippen LogP contribution in [0.15, 0.2) is 11.4 Å². The van der Waals surface area contributed by atoms with Crippen molar-refractivity contribution in [2.24, 2.45) is 5.92 Å². The molecule has 13 heavy (non-hydrogen) atoms. The SMILES string of the molecule is OC1CNCC1Cc1csc(Cl)c1. The number of β-amino-alcohol motifs (C(OH)–C–C–N with tert-alkyl or cyclic N) is 1. The maximum Gasteiger partial charge on any atom is 0.0931 e. The first-order valence-electron chi connectivity index (χ1n) is 4.37. The summed E-state index contributed by atoms with van der Waals surface area (Å²) in [6.07, 6.45) is 0.732. The summed E-state index contributed by atoms with van der Waals surface area (Å²) in [5.74, 6) is 0.352. The van der Waals surface area contributed by atoms with Gasteiger partial charge in [-0.25, -0.2) is 0 Å². The van der Waals surface area contributed by atoms with Crippen LogP contribution in [0.1, 0.15) is 5.56 Å². The average Bonchev–Trinajstić information content (AvgIpc) is 2.64. The average molecular weight is 218 g/mol. The highest BCUT2D eigenvalue weighted by Crippen LogP contribution is 2.23. The minimum atomic E-state index is -0.196. The molecule has 2 unspecified atom stereocenters. The molecule has 1 aromatic heterocycles. The van der Waals surface area contributed by atoms with E-state index in [9.17, 15) is 5.11 Å². The number of rotatable bonds is 2. The Morgan fingerprint density at radius 3 is 3.00 bits per heavy atom. The third-order valence-corrected chi connectivity index (χ3v) is 3.56. The molecule has 0 amide bonds. The first-order chi connectivity index (χ1) is 6.25. The third kappa shape index (κ3) is 2.23. The molecule has 2 rings (SSSR count). The second kappa shape index (κ2) is 3.96. The molecule has 2 N–H and O–H groups in total. The van der Waals surface area contributed by atoms with Crippen molar-refractivity contribution in [3.8, 4) is 0 Å². The monoisotopic (exact) mass is 217 g/mol. The molecule has 1 saturated heterocycles. The molecule has 0 aromatic carbocycles. The molecule has 1 fully saturated rings. The number of aliphatic hydroxyl groups is 1. The Bertz CT molecular complexity index is 289. The van der Waals surface area contributed by atoms with E-state index in [1.807, 2.05) is 6.07 Å². The summed E-state index contributed by atoms with van der Waals surface area (Å²) >= 11 is 7.38. The minimum absolute atomic E-state index is 0.196. The van der Waals surface area contributed by atoms with Crippen molar-refractivity contribution in [1.29, 1.82) is 0 Å². The Morgan fingerprint density at radius 1 is 1.62 bits per heavy atom. The fraction of sp³-hybridized carbons (Fsp3) is 0.556. The lowest BCUT2D eigenvalue weighted by atomic mass is 9.99. The van der Waals surface area contributed by atoms with E-state index in [4.69, 9.17) is 11.6 Å². The second-order valence-corrected chi connectivity index (χ2v) is 4.99. The van der Waals surface area contributed by atoms with Crippen LogP contribution in [0.25, 0.3) is 0 Å².